The van der Waals surface area contributed by atoms with Gasteiger partial charge in [-0.3, -0.25) is 4.79 Å². The summed E-state index contributed by atoms with van der Waals surface area (Å²) in [7, 11) is 0. The fourth-order valence-corrected chi connectivity index (χ4v) is 3.98. The van der Waals surface area contributed by atoms with Crippen LogP contribution in [0.25, 0.3) is 0 Å². The lowest BCUT2D eigenvalue weighted by molar-refractivity contribution is 0.277. The maximum Gasteiger partial charge on any atom is 0.323 e. The molecule has 8 nitrogen and oxygen atoms in total. The molecule has 2 aliphatic rings. The van der Waals surface area contributed by atoms with Crippen molar-refractivity contribution in [3.8, 4) is 6.01 Å². The fraction of sp³-hybridized carbons (Fsp3) is 0.556. The standard InChI is InChI=1S/C18H24N6O2/c1-3-19-16-20-17(22-18(21-16)26-4-2)23-9-12-8-13(11-23)14-6-5-7-15(25)24(14)10-12/h5-7,12-13H,3-4,8-11H2,1-2H3,(H,19,20,21,22)/t12-,13+/m0/s1. The van der Waals surface area contributed by atoms with Crippen molar-refractivity contribution in [2.45, 2.75) is 32.7 Å². The molecule has 2 aliphatic heterocycles. The second kappa shape index (κ2) is 6.93. The lowest BCUT2D eigenvalue weighted by Gasteiger charge is -2.42. The summed E-state index contributed by atoms with van der Waals surface area (Å²) in [6, 6.07) is 5.91. The molecule has 4 rings (SSSR count). The van der Waals surface area contributed by atoms with E-state index in [9.17, 15) is 4.79 Å². The van der Waals surface area contributed by atoms with E-state index in [1.54, 1.807) is 6.07 Å². The smallest absolute Gasteiger partial charge is 0.323 e. The molecule has 138 valence electrons. The van der Waals surface area contributed by atoms with Crippen LogP contribution in [0.4, 0.5) is 11.9 Å². The first-order valence-electron chi connectivity index (χ1n) is 9.25. The Balaban J connectivity index is 1.65. The van der Waals surface area contributed by atoms with Crippen molar-refractivity contribution in [3.63, 3.8) is 0 Å². The molecule has 2 bridgehead atoms. The molecule has 0 aliphatic carbocycles. The Morgan fingerprint density at radius 2 is 2.08 bits per heavy atom. The molecule has 0 aromatic carbocycles. The maximum atomic E-state index is 12.2. The zero-order valence-electron chi connectivity index (χ0n) is 15.2. The van der Waals surface area contributed by atoms with Crippen LogP contribution in [0.1, 0.15) is 31.9 Å². The molecule has 0 saturated carbocycles. The molecule has 2 aromatic rings. The molecule has 2 atom stereocenters. The minimum atomic E-state index is 0.0962. The third-order valence-electron chi connectivity index (χ3n) is 4.97. The number of nitrogens with zero attached hydrogens (tertiary/aromatic N) is 5. The van der Waals surface area contributed by atoms with Crippen LogP contribution in [0.15, 0.2) is 23.0 Å². The van der Waals surface area contributed by atoms with E-state index in [0.717, 1.165) is 38.3 Å². The van der Waals surface area contributed by atoms with Gasteiger partial charge in [-0.2, -0.15) is 15.0 Å². The second-order valence-electron chi connectivity index (χ2n) is 6.81. The van der Waals surface area contributed by atoms with Crippen molar-refractivity contribution < 1.29 is 4.74 Å². The van der Waals surface area contributed by atoms with E-state index in [2.05, 4.69) is 31.2 Å². The Hall–Kier alpha value is -2.64. The van der Waals surface area contributed by atoms with Gasteiger partial charge in [-0.15, -0.1) is 0 Å². The van der Waals surface area contributed by atoms with Crippen molar-refractivity contribution in [2.24, 2.45) is 5.92 Å². The molecule has 0 amide bonds. The molecule has 1 N–H and O–H groups in total. The number of rotatable bonds is 5. The molecule has 0 spiro atoms. The van der Waals surface area contributed by atoms with Gasteiger partial charge in [-0.25, -0.2) is 0 Å². The molecule has 1 saturated heterocycles. The Morgan fingerprint density at radius 3 is 2.88 bits per heavy atom. The van der Waals surface area contributed by atoms with Crippen molar-refractivity contribution in [2.75, 3.05) is 36.5 Å². The van der Waals surface area contributed by atoms with Gasteiger partial charge in [0.25, 0.3) is 5.56 Å². The largest absolute Gasteiger partial charge is 0.464 e. The lowest BCUT2D eigenvalue weighted by Crippen LogP contribution is -2.47. The summed E-state index contributed by atoms with van der Waals surface area (Å²) in [5.41, 5.74) is 1.21. The van der Waals surface area contributed by atoms with Gasteiger partial charge in [0.05, 0.1) is 6.61 Å². The number of piperidine rings is 1. The summed E-state index contributed by atoms with van der Waals surface area (Å²) in [5, 5.41) is 3.14. The van der Waals surface area contributed by atoms with Gasteiger partial charge in [-0.05, 0) is 32.3 Å². The first kappa shape index (κ1) is 16.8. The molecule has 0 radical (unpaired) electrons. The van der Waals surface area contributed by atoms with Gasteiger partial charge in [-0.1, -0.05) is 6.07 Å². The normalized spacial score (nSPS) is 21.2. The summed E-state index contributed by atoms with van der Waals surface area (Å²) < 4.78 is 7.45. The Labute approximate surface area is 152 Å². The Morgan fingerprint density at radius 1 is 1.19 bits per heavy atom. The number of hydrogen-bond acceptors (Lipinski definition) is 7. The summed E-state index contributed by atoms with van der Waals surface area (Å²) in [6.07, 6.45) is 1.10. The molecule has 4 heterocycles. The van der Waals surface area contributed by atoms with E-state index < -0.39 is 0 Å². The highest BCUT2D eigenvalue weighted by atomic mass is 16.5. The van der Waals surface area contributed by atoms with E-state index in [4.69, 9.17) is 4.74 Å². The van der Waals surface area contributed by atoms with Crippen LogP contribution in [0.2, 0.25) is 0 Å². The van der Waals surface area contributed by atoms with Crippen LogP contribution in [0, 0.1) is 5.92 Å². The van der Waals surface area contributed by atoms with Gasteiger partial charge in [0, 0.05) is 43.9 Å². The quantitative estimate of drug-likeness (QED) is 0.869. The first-order chi connectivity index (χ1) is 12.7. The van der Waals surface area contributed by atoms with Crippen molar-refractivity contribution in [1.82, 2.24) is 19.5 Å². The van der Waals surface area contributed by atoms with Gasteiger partial charge < -0.3 is 19.5 Å². The monoisotopic (exact) mass is 356 g/mol. The van der Waals surface area contributed by atoms with E-state index in [1.807, 2.05) is 24.5 Å². The van der Waals surface area contributed by atoms with Gasteiger partial charge in [0.2, 0.25) is 11.9 Å². The number of pyridine rings is 1. The highest BCUT2D eigenvalue weighted by molar-refractivity contribution is 5.40. The molecule has 8 heteroatoms. The first-order valence-corrected chi connectivity index (χ1v) is 9.25. The maximum absolute atomic E-state index is 12.2. The summed E-state index contributed by atoms with van der Waals surface area (Å²) >= 11 is 0. The summed E-state index contributed by atoms with van der Waals surface area (Å²) in [6.45, 7) is 7.54. The topological polar surface area (TPSA) is 85.2 Å². The van der Waals surface area contributed by atoms with E-state index in [1.165, 1.54) is 0 Å². The number of nitrogens with one attached hydrogen (secondary N) is 1. The average Bonchev–Trinajstić information content (AvgIpc) is 2.63. The molecular weight excluding hydrogens is 332 g/mol. The van der Waals surface area contributed by atoms with E-state index in [-0.39, 0.29) is 5.56 Å². The van der Waals surface area contributed by atoms with E-state index >= 15 is 0 Å². The zero-order valence-corrected chi connectivity index (χ0v) is 15.2. The lowest BCUT2D eigenvalue weighted by atomic mass is 9.83. The summed E-state index contributed by atoms with van der Waals surface area (Å²) in [5.74, 6) is 1.90. The van der Waals surface area contributed by atoms with Crippen LogP contribution >= 0.6 is 0 Å². The fourth-order valence-electron chi connectivity index (χ4n) is 3.98. The molecule has 1 fully saturated rings. The van der Waals surface area contributed by atoms with Crippen LogP contribution in [0.3, 0.4) is 0 Å². The predicted molar refractivity (Wildman–Crippen MR) is 98.9 cm³/mol. The highest BCUT2D eigenvalue weighted by Gasteiger charge is 2.35. The van der Waals surface area contributed by atoms with Crippen LogP contribution in [-0.4, -0.2) is 45.8 Å². The average molecular weight is 356 g/mol. The van der Waals surface area contributed by atoms with Crippen molar-refractivity contribution in [3.05, 3.63) is 34.2 Å². The Kier molecular flexibility index (Phi) is 4.48. The number of fused-ring (bicyclic) bond motifs is 4. The molecule has 2 aromatic heterocycles. The van der Waals surface area contributed by atoms with E-state index in [0.29, 0.717) is 36.3 Å². The Bertz CT molecular complexity index is 828. The number of anilines is 2. The van der Waals surface area contributed by atoms with Gasteiger partial charge >= 0.3 is 6.01 Å². The van der Waals surface area contributed by atoms with Crippen LogP contribution in [0.5, 0.6) is 6.01 Å². The minimum absolute atomic E-state index is 0.0962. The second-order valence-corrected chi connectivity index (χ2v) is 6.81. The molecular formula is C18H24N6O2. The van der Waals surface area contributed by atoms with Crippen molar-refractivity contribution >= 4 is 11.9 Å². The van der Waals surface area contributed by atoms with Gasteiger partial charge in [0.1, 0.15) is 0 Å². The van der Waals surface area contributed by atoms with Crippen LogP contribution in [-0.2, 0) is 6.54 Å². The molecule has 26 heavy (non-hydrogen) atoms. The SMILES string of the molecule is CCNc1nc(OCC)nc(N2C[C@@H]3C[C@H](C2)c2cccc(=O)n2C3)n1. The van der Waals surface area contributed by atoms with Gasteiger partial charge in [0.15, 0.2) is 0 Å². The number of aromatic nitrogens is 4. The number of hydrogen-bond donors (Lipinski definition) is 1. The zero-order chi connectivity index (χ0) is 18.1. The van der Waals surface area contributed by atoms with Crippen LogP contribution < -0.4 is 20.5 Å². The predicted octanol–water partition coefficient (Wildman–Crippen LogP) is 1.49. The molecule has 0 unspecified atom stereocenters. The third-order valence-corrected chi connectivity index (χ3v) is 4.97. The van der Waals surface area contributed by atoms with Crippen molar-refractivity contribution in [1.29, 1.82) is 0 Å². The highest BCUT2D eigenvalue weighted by Crippen LogP contribution is 2.36. The third kappa shape index (κ3) is 3.11. The minimum Gasteiger partial charge on any atom is -0.464 e. The number of ether oxygens (including phenoxy) is 1. The summed E-state index contributed by atoms with van der Waals surface area (Å²) in [4.78, 5) is 27.7.